The lowest BCUT2D eigenvalue weighted by Gasteiger charge is -2.45. The fourth-order valence-corrected chi connectivity index (χ4v) is 14.8. The van der Waals surface area contributed by atoms with E-state index in [9.17, 15) is 0 Å². The van der Waals surface area contributed by atoms with Gasteiger partial charge in [-0.15, -0.1) is 0 Å². The number of anilines is 12. The van der Waals surface area contributed by atoms with E-state index in [-0.39, 0.29) is 13.4 Å². The molecule has 18 rings (SSSR count). The average molecular weight is 1040 g/mol. The van der Waals surface area contributed by atoms with Gasteiger partial charge in [-0.1, -0.05) is 212 Å². The third kappa shape index (κ3) is 6.35. The van der Waals surface area contributed by atoms with E-state index in [4.69, 9.17) is 0 Å². The monoisotopic (exact) mass is 1040 g/mol. The van der Waals surface area contributed by atoms with Gasteiger partial charge < -0.3 is 19.6 Å². The zero-order chi connectivity index (χ0) is 53.6. The molecule has 4 aliphatic heterocycles. The van der Waals surface area contributed by atoms with Crippen LogP contribution >= 0.6 is 0 Å². The first-order chi connectivity index (χ1) is 40.7. The van der Waals surface area contributed by atoms with E-state index in [1.807, 2.05) is 0 Å². The molecule has 0 aromatic heterocycles. The second-order valence-corrected chi connectivity index (χ2v) is 22.3. The molecule has 14 aromatic carbocycles. The summed E-state index contributed by atoms with van der Waals surface area (Å²) in [6.07, 6.45) is 0. The van der Waals surface area contributed by atoms with Gasteiger partial charge in [0.1, 0.15) is 0 Å². The maximum atomic E-state index is 2.60. The lowest BCUT2D eigenvalue weighted by atomic mass is 9.33. The number of hydrogen-bond acceptors (Lipinski definition) is 4. The zero-order valence-corrected chi connectivity index (χ0v) is 44.7. The van der Waals surface area contributed by atoms with Crippen molar-refractivity contribution in [3.8, 4) is 11.1 Å². The number of fused-ring (bicyclic) bond motifs is 16. The first kappa shape index (κ1) is 45.3. The van der Waals surface area contributed by atoms with Crippen molar-refractivity contribution in [2.75, 3.05) is 19.6 Å². The Morgan fingerprint density at radius 2 is 0.634 bits per heavy atom. The summed E-state index contributed by atoms with van der Waals surface area (Å²) in [4.78, 5) is 10.2. The summed E-state index contributed by atoms with van der Waals surface area (Å²) >= 11 is 0. The molecule has 4 heterocycles. The van der Waals surface area contributed by atoms with E-state index in [1.165, 1.54) is 132 Å². The Labute approximate surface area is 476 Å². The van der Waals surface area contributed by atoms with E-state index in [1.54, 1.807) is 0 Å². The van der Waals surface area contributed by atoms with Crippen molar-refractivity contribution in [1.29, 1.82) is 0 Å². The van der Waals surface area contributed by atoms with Crippen LogP contribution in [0.5, 0.6) is 0 Å². The molecule has 0 spiro atoms. The molecule has 0 N–H and O–H groups in total. The minimum atomic E-state index is -0.0799. The third-order valence-electron chi connectivity index (χ3n) is 18.1. The Morgan fingerprint density at radius 1 is 0.220 bits per heavy atom. The number of benzene rings is 14. The molecule has 0 atom stereocenters. The van der Waals surface area contributed by atoms with E-state index in [0.29, 0.717) is 0 Å². The fraction of sp³-hybridized carbons (Fsp3) is 0. The van der Waals surface area contributed by atoms with E-state index in [2.05, 4.69) is 311 Å². The van der Waals surface area contributed by atoms with Crippen molar-refractivity contribution in [3.05, 3.63) is 291 Å². The van der Waals surface area contributed by atoms with E-state index < -0.39 is 0 Å². The Morgan fingerprint density at radius 3 is 1.27 bits per heavy atom. The van der Waals surface area contributed by atoms with Gasteiger partial charge in [-0.3, -0.25) is 0 Å². The number of para-hydroxylation sites is 6. The van der Waals surface area contributed by atoms with E-state index >= 15 is 0 Å². The first-order valence-electron chi connectivity index (χ1n) is 28.6. The van der Waals surface area contributed by atoms with Gasteiger partial charge in [0.25, 0.3) is 13.4 Å². The molecule has 14 aromatic rings. The number of rotatable bonds is 5. The smallest absolute Gasteiger partial charge is 0.252 e. The van der Waals surface area contributed by atoms with Gasteiger partial charge in [0, 0.05) is 78.4 Å². The standard InChI is InChI=1S/C76H48B2N4/c1-5-25-53(26-6-1)79-67-39-21-19-37-63(67)78-66-48-61(59-35-17-18-36-60(59)74(66)82(56-31-11-4-12-32-56)75-58-34-16-14-24-50(58)46-69(79)71(75)78)51-41-42-52-47-70-72-76(62(52)45-51)80(54-27-7-2-8-28-54)68-40-22-20-38-64(68)77(72)65-44-43-49-23-13-15-33-57(49)73(65)81(70)55-29-9-3-10-30-55/h1-48H. The SMILES string of the molecule is c1ccc(N2c3ccccc3B3c4cc(-c5ccc6cc7c8c(c6c5)N(c5ccccc5)c5ccccc5B8c5ccc6ccccc6c5N7c5ccccc5)c5ccccc5c4N(c4ccccc4)c4c3c2cc2ccccc42)cc1. The molecule has 6 heteroatoms. The molecule has 0 fully saturated rings. The summed E-state index contributed by atoms with van der Waals surface area (Å²) in [6.45, 7) is -0.113. The molecular weight excluding hydrogens is 990 g/mol. The predicted octanol–water partition coefficient (Wildman–Crippen LogP) is 16.1. The summed E-state index contributed by atoms with van der Waals surface area (Å²) in [5.74, 6) is 0. The molecule has 82 heavy (non-hydrogen) atoms. The molecule has 0 saturated carbocycles. The molecule has 4 aliphatic rings. The van der Waals surface area contributed by atoms with Crippen molar-refractivity contribution in [2.45, 2.75) is 0 Å². The van der Waals surface area contributed by atoms with Crippen LogP contribution in [0.1, 0.15) is 0 Å². The van der Waals surface area contributed by atoms with Crippen LogP contribution in [0.15, 0.2) is 291 Å². The Balaban J connectivity index is 0.948. The summed E-state index contributed by atoms with van der Waals surface area (Å²) in [5, 5.41) is 9.75. The highest BCUT2D eigenvalue weighted by Crippen LogP contribution is 2.52. The molecular formula is C76H48B2N4. The Hall–Kier alpha value is -10.6. The minimum absolute atomic E-state index is 0.0329. The van der Waals surface area contributed by atoms with Gasteiger partial charge in [-0.2, -0.15) is 0 Å². The van der Waals surface area contributed by atoms with Crippen LogP contribution in [0.4, 0.5) is 68.2 Å². The van der Waals surface area contributed by atoms with Gasteiger partial charge in [-0.25, -0.2) is 0 Å². The summed E-state index contributed by atoms with van der Waals surface area (Å²) in [6, 6.07) is 109. The van der Waals surface area contributed by atoms with Crippen LogP contribution in [0.25, 0.3) is 54.2 Å². The van der Waals surface area contributed by atoms with Gasteiger partial charge in [-0.05, 0) is 144 Å². The second-order valence-electron chi connectivity index (χ2n) is 22.3. The molecule has 0 unspecified atom stereocenters. The summed E-state index contributed by atoms with van der Waals surface area (Å²) < 4.78 is 0. The molecule has 0 saturated heterocycles. The number of nitrogens with zero attached hydrogens (tertiary/aromatic N) is 4. The van der Waals surface area contributed by atoms with Crippen LogP contribution < -0.4 is 52.4 Å². The molecule has 0 radical (unpaired) electrons. The lowest BCUT2D eigenvalue weighted by Crippen LogP contribution is -2.61. The van der Waals surface area contributed by atoms with Crippen molar-refractivity contribution < 1.29 is 0 Å². The number of hydrogen-bond donors (Lipinski definition) is 0. The van der Waals surface area contributed by atoms with E-state index in [0.717, 1.165) is 22.7 Å². The molecule has 0 amide bonds. The molecule has 378 valence electrons. The highest BCUT2D eigenvalue weighted by atomic mass is 15.2. The highest BCUT2D eigenvalue weighted by molar-refractivity contribution is 7.01. The van der Waals surface area contributed by atoms with Crippen molar-refractivity contribution in [3.63, 3.8) is 0 Å². The Kier molecular flexibility index (Phi) is 9.66. The van der Waals surface area contributed by atoms with Crippen molar-refractivity contribution in [1.82, 2.24) is 0 Å². The summed E-state index contributed by atoms with van der Waals surface area (Å²) in [5.41, 5.74) is 24.5. The normalized spacial score (nSPS) is 13.5. The van der Waals surface area contributed by atoms with Gasteiger partial charge in [0.2, 0.25) is 0 Å². The van der Waals surface area contributed by atoms with Gasteiger partial charge in [0.15, 0.2) is 0 Å². The largest absolute Gasteiger partial charge is 0.311 e. The van der Waals surface area contributed by atoms with Crippen molar-refractivity contribution in [2.24, 2.45) is 0 Å². The second kappa shape index (κ2) is 17.5. The quantitative estimate of drug-likeness (QED) is 0.159. The van der Waals surface area contributed by atoms with Gasteiger partial charge >= 0.3 is 0 Å². The topological polar surface area (TPSA) is 13.0 Å². The average Bonchev–Trinajstić information content (AvgIpc) is 2.04. The molecule has 4 nitrogen and oxygen atoms in total. The fourth-order valence-electron chi connectivity index (χ4n) is 14.8. The first-order valence-corrected chi connectivity index (χ1v) is 28.6. The third-order valence-corrected chi connectivity index (χ3v) is 18.1. The Bertz CT molecular complexity index is 4970. The molecule has 0 aliphatic carbocycles. The van der Waals surface area contributed by atoms with Crippen LogP contribution in [-0.2, 0) is 0 Å². The van der Waals surface area contributed by atoms with Crippen LogP contribution in [0, 0.1) is 0 Å². The minimum Gasteiger partial charge on any atom is -0.311 e. The van der Waals surface area contributed by atoms with Crippen LogP contribution in [-0.4, -0.2) is 13.4 Å². The zero-order valence-electron chi connectivity index (χ0n) is 44.7. The maximum absolute atomic E-state index is 2.60. The predicted molar refractivity (Wildman–Crippen MR) is 350 cm³/mol. The molecule has 0 bridgehead atoms. The van der Waals surface area contributed by atoms with Crippen molar-refractivity contribution >= 4 is 158 Å². The van der Waals surface area contributed by atoms with Crippen LogP contribution in [0.2, 0.25) is 0 Å². The highest BCUT2D eigenvalue weighted by Gasteiger charge is 2.47. The van der Waals surface area contributed by atoms with Gasteiger partial charge in [0.05, 0.1) is 11.4 Å². The maximum Gasteiger partial charge on any atom is 0.252 e. The summed E-state index contributed by atoms with van der Waals surface area (Å²) in [7, 11) is 0. The lowest BCUT2D eigenvalue weighted by molar-refractivity contribution is 1.27. The van der Waals surface area contributed by atoms with Crippen LogP contribution in [0.3, 0.4) is 0 Å².